The maximum Gasteiger partial charge on any atom is 0.252 e. The smallest absolute Gasteiger partial charge is 0.252 e. The number of hydrogen-bond acceptors (Lipinski definition) is 5. The van der Waals surface area contributed by atoms with Crippen molar-refractivity contribution in [1.29, 1.82) is 0 Å². The third-order valence-electron chi connectivity index (χ3n) is 21.6. The lowest BCUT2D eigenvalue weighted by molar-refractivity contribution is 0.195. The number of anilines is 8. The number of benzene rings is 9. The van der Waals surface area contributed by atoms with E-state index < -0.39 is 0 Å². The van der Waals surface area contributed by atoms with Crippen LogP contribution in [0.15, 0.2) is 174 Å². The Balaban J connectivity index is 1.11. The second kappa shape index (κ2) is 17.5. The summed E-state index contributed by atoms with van der Waals surface area (Å²) < 4.78 is 9.66. The molecule has 4 nitrogen and oxygen atoms in total. The molecule has 418 valence electrons. The second-order valence-corrected chi connectivity index (χ2v) is 30.5. The minimum absolute atomic E-state index is 0.00801. The highest BCUT2D eigenvalue weighted by atomic mass is 32.1. The van der Waals surface area contributed by atoms with Crippen molar-refractivity contribution in [3.05, 3.63) is 198 Å². The second-order valence-electron chi connectivity index (χ2n) is 29.4. The van der Waals surface area contributed by atoms with Crippen LogP contribution in [0.4, 0.5) is 45.5 Å². The molecule has 2 aliphatic carbocycles. The zero-order valence-corrected chi connectivity index (χ0v) is 52.0. The van der Waals surface area contributed by atoms with Crippen molar-refractivity contribution < 1.29 is 4.42 Å². The van der Waals surface area contributed by atoms with E-state index in [1.165, 1.54) is 128 Å². The standard InChI is InChI=1S/C78H76BN3OS/c1-73(2,3)48-31-34-59(53(41-48)47-23-14-13-15-24-47)81-64-44-50(82-60-35-32-49(74(4,5)6)42-56(60)77(11)37-20-21-38-78(77,82)12)43-63-71(64)79(57-33-36-66-70(72(57)81)51-25-16-18-28-65(51)83-66)58-45-54-55(76(9,10)40-39-75(54,7)8)46-62(58)80(63)61-27-22-30-68-69(61)52-26-17-19-29-67(52)84-68/h13-19,22-36,41-46H,20-21,37-40H2,1-12H3. The van der Waals surface area contributed by atoms with Gasteiger partial charge in [0.2, 0.25) is 0 Å². The molecule has 0 saturated heterocycles. The average Bonchev–Trinajstić information content (AvgIpc) is 1.25. The van der Waals surface area contributed by atoms with E-state index in [2.05, 4.69) is 268 Å². The van der Waals surface area contributed by atoms with Gasteiger partial charge in [-0.2, -0.15) is 0 Å². The Hall–Kier alpha value is -7.54. The SMILES string of the molecule is CC(C)(C)c1ccc(N2c3cc(N4c5ccc(C(C)(C)C)cc5C5(C)CCCCC45C)cc4c3B(c3cc5c(cc3N4c3cccc4sc6ccccc6c34)C(C)(C)CCC5(C)C)c3ccc4oc5ccccc5c4c32)c(-c2ccccc2)c1. The molecule has 0 spiro atoms. The molecule has 3 aliphatic heterocycles. The van der Waals surface area contributed by atoms with E-state index in [1.54, 1.807) is 0 Å². The van der Waals surface area contributed by atoms with E-state index in [-0.39, 0.29) is 39.3 Å². The Morgan fingerprint density at radius 2 is 1.11 bits per heavy atom. The minimum Gasteiger partial charge on any atom is -0.456 e. The van der Waals surface area contributed by atoms with E-state index in [0.717, 1.165) is 53.3 Å². The quantitative estimate of drug-likeness (QED) is 0.164. The van der Waals surface area contributed by atoms with Crippen molar-refractivity contribution in [2.24, 2.45) is 0 Å². The summed E-state index contributed by atoms with van der Waals surface area (Å²) in [7, 11) is 0. The predicted octanol–water partition coefficient (Wildman–Crippen LogP) is 20.4. The molecule has 5 aliphatic rings. The van der Waals surface area contributed by atoms with Gasteiger partial charge in [0.1, 0.15) is 11.2 Å². The summed E-state index contributed by atoms with van der Waals surface area (Å²) in [6, 6.07) is 66.6. The summed E-state index contributed by atoms with van der Waals surface area (Å²) in [5, 5.41) is 4.92. The fourth-order valence-electron chi connectivity index (χ4n) is 16.6. The number of fused-ring (bicyclic) bond motifs is 15. The fraction of sp³-hybridized carbons (Fsp3) is 0.308. The largest absolute Gasteiger partial charge is 0.456 e. The summed E-state index contributed by atoms with van der Waals surface area (Å²) in [6.45, 7) is 29.3. The van der Waals surface area contributed by atoms with Crippen molar-refractivity contribution >= 4 is 122 Å². The fourth-order valence-corrected chi connectivity index (χ4v) is 17.7. The Morgan fingerprint density at radius 3 is 1.86 bits per heavy atom. The molecule has 0 bridgehead atoms. The number of rotatable bonds is 4. The van der Waals surface area contributed by atoms with Crippen molar-refractivity contribution in [3.63, 3.8) is 0 Å². The Labute approximate surface area is 501 Å². The Kier molecular flexibility index (Phi) is 10.9. The van der Waals surface area contributed by atoms with E-state index in [9.17, 15) is 0 Å². The van der Waals surface area contributed by atoms with Crippen molar-refractivity contribution in [3.8, 4) is 11.1 Å². The number of hydrogen-bond donors (Lipinski definition) is 0. The van der Waals surface area contributed by atoms with Crippen LogP contribution in [-0.4, -0.2) is 12.3 Å². The summed E-state index contributed by atoms with van der Waals surface area (Å²) in [5.74, 6) is 0. The molecule has 11 aromatic rings. The molecular formula is C78H76BN3OS. The molecule has 5 heterocycles. The van der Waals surface area contributed by atoms with Gasteiger partial charge >= 0.3 is 0 Å². The lowest BCUT2D eigenvalue weighted by Crippen LogP contribution is -2.62. The van der Waals surface area contributed by atoms with Gasteiger partial charge in [-0.3, -0.25) is 0 Å². The minimum atomic E-state index is -0.213. The van der Waals surface area contributed by atoms with Gasteiger partial charge in [-0.1, -0.05) is 192 Å². The molecule has 1 saturated carbocycles. The molecule has 0 N–H and O–H groups in total. The van der Waals surface area contributed by atoms with Gasteiger partial charge < -0.3 is 19.1 Å². The number of nitrogens with zero attached hydrogens (tertiary/aromatic N) is 3. The summed E-state index contributed by atoms with van der Waals surface area (Å²) in [6.07, 6.45) is 6.94. The van der Waals surface area contributed by atoms with Crippen molar-refractivity contribution in [2.45, 2.75) is 154 Å². The van der Waals surface area contributed by atoms with Crippen LogP contribution >= 0.6 is 11.3 Å². The Morgan fingerprint density at radius 1 is 0.464 bits per heavy atom. The van der Waals surface area contributed by atoms with Gasteiger partial charge in [-0.05, 0) is 171 Å². The average molecular weight is 1110 g/mol. The molecule has 16 rings (SSSR count). The van der Waals surface area contributed by atoms with E-state index in [4.69, 9.17) is 4.42 Å². The molecule has 6 heteroatoms. The van der Waals surface area contributed by atoms with E-state index in [0.29, 0.717) is 0 Å². The lowest BCUT2D eigenvalue weighted by atomic mass is 9.33. The molecule has 2 unspecified atom stereocenters. The van der Waals surface area contributed by atoms with Gasteiger partial charge in [0.05, 0.1) is 28.0 Å². The summed E-state index contributed by atoms with van der Waals surface area (Å²) >= 11 is 1.92. The van der Waals surface area contributed by atoms with Crippen LogP contribution in [-0.2, 0) is 27.1 Å². The van der Waals surface area contributed by atoms with Crippen LogP contribution in [0.1, 0.15) is 149 Å². The van der Waals surface area contributed by atoms with Crippen molar-refractivity contribution in [1.82, 2.24) is 0 Å². The van der Waals surface area contributed by atoms with Crippen LogP contribution in [0.3, 0.4) is 0 Å². The van der Waals surface area contributed by atoms with Crippen LogP contribution < -0.4 is 31.1 Å². The van der Waals surface area contributed by atoms with Crippen LogP contribution in [0.2, 0.25) is 0 Å². The number of thiophene rings is 1. The van der Waals surface area contributed by atoms with E-state index >= 15 is 0 Å². The number of furan rings is 1. The molecule has 0 radical (unpaired) electrons. The molecule has 84 heavy (non-hydrogen) atoms. The van der Waals surface area contributed by atoms with Gasteiger partial charge in [0.25, 0.3) is 6.71 Å². The first kappa shape index (κ1) is 52.1. The summed E-state index contributed by atoms with van der Waals surface area (Å²) in [4.78, 5) is 8.35. The maximum absolute atomic E-state index is 7.03. The highest BCUT2D eigenvalue weighted by molar-refractivity contribution is 7.26. The third kappa shape index (κ3) is 7.19. The van der Waals surface area contributed by atoms with Gasteiger partial charge in [-0.15, -0.1) is 11.3 Å². The topological polar surface area (TPSA) is 22.9 Å². The highest BCUT2D eigenvalue weighted by Crippen LogP contribution is 2.63. The van der Waals surface area contributed by atoms with Crippen LogP contribution in [0, 0.1) is 0 Å². The molecule has 9 aromatic carbocycles. The van der Waals surface area contributed by atoms with Crippen LogP contribution in [0.25, 0.3) is 53.2 Å². The zero-order chi connectivity index (χ0) is 57.8. The Bertz CT molecular complexity index is 4600. The number of para-hydroxylation sites is 1. The van der Waals surface area contributed by atoms with Gasteiger partial charge in [0, 0.05) is 65.0 Å². The molecule has 0 amide bonds. The highest BCUT2D eigenvalue weighted by Gasteiger charge is 2.59. The monoisotopic (exact) mass is 1110 g/mol. The molecule has 2 aromatic heterocycles. The third-order valence-corrected chi connectivity index (χ3v) is 22.7. The normalized spacial score (nSPS) is 20.3. The van der Waals surface area contributed by atoms with Crippen molar-refractivity contribution in [2.75, 3.05) is 14.7 Å². The van der Waals surface area contributed by atoms with Crippen LogP contribution in [0.5, 0.6) is 0 Å². The first-order valence-corrected chi connectivity index (χ1v) is 31.9. The maximum atomic E-state index is 7.03. The lowest BCUT2D eigenvalue weighted by Gasteiger charge is -2.51. The summed E-state index contributed by atoms with van der Waals surface area (Å²) in [5.41, 5.74) is 24.9. The van der Waals surface area contributed by atoms with E-state index in [1.807, 2.05) is 11.3 Å². The van der Waals surface area contributed by atoms with Gasteiger partial charge in [-0.25, -0.2) is 0 Å². The molecule has 2 atom stereocenters. The first-order chi connectivity index (χ1) is 40.1. The molecule has 1 fully saturated rings. The first-order valence-electron chi connectivity index (χ1n) is 31.1. The van der Waals surface area contributed by atoms with Gasteiger partial charge in [0.15, 0.2) is 0 Å². The predicted molar refractivity (Wildman–Crippen MR) is 362 cm³/mol. The zero-order valence-electron chi connectivity index (χ0n) is 51.1. The molecular weight excluding hydrogens is 1040 g/mol.